The fourth-order valence-electron chi connectivity index (χ4n) is 1.25. The van der Waals surface area contributed by atoms with E-state index < -0.39 is 0 Å². The third-order valence-corrected chi connectivity index (χ3v) is 2.08. The molecular formula is C11H13N3O2. The number of pyridine rings is 1. The fourth-order valence-corrected chi connectivity index (χ4v) is 1.25. The molecule has 1 aromatic rings. The van der Waals surface area contributed by atoms with Crippen LogP contribution in [0.3, 0.4) is 0 Å². The van der Waals surface area contributed by atoms with Gasteiger partial charge in [-0.1, -0.05) is 6.07 Å². The van der Waals surface area contributed by atoms with Crippen molar-refractivity contribution in [3.8, 4) is 6.07 Å². The number of aryl methyl sites for hydroxylation is 1. The maximum atomic E-state index is 11.6. The summed E-state index contributed by atoms with van der Waals surface area (Å²) in [5, 5.41) is 10.9. The molecular weight excluding hydrogens is 206 g/mol. The van der Waals surface area contributed by atoms with Gasteiger partial charge in [0, 0.05) is 18.3 Å². The predicted molar refractivity (Wildman–Crippen MR) is 58.7 cm³/mol. The first-order valence-electron chi connectivity index (χ1n) is 4.95. The van der Waals surface area contributed by atoms with Crippen LogP contribution in [0.15, 0.2) is 23.1 Å². The highest BCUT2D eigenvalue weighted by atomic mass is 16.2. The molecule has 0 aliphatic rings. The van der Waals surface area contributed by atoms with Crippen molar-refractivity contribution in [1.82, 2.24) is 9.88 Å². The number of amides is 1. The summed E-state index contributed by atoms with van der Waals surface area (Å²) >= 11 is 0. The largest absolute Gasteiger partial charge is 0.354 e. The lowest BCUT2D eigenvalue weighted by Gasteiger charge is -2.06. The molecule has 0 aliphatic carbocycles. The van der Waals surface area contributed by atoms with Gasteiger partial charge < -0.3 is 9.88 Å². The van der Waals surface area contributed by atoms with Gasteiger partial charge in [0.15, 0.2) is 0 Å². The number of nitrogens with zero attached hydrogens (tertiary/aromatic N) is 2. The van der Waals surface area contributed by atoms with E-state index in [0.717, 1.165) is 0 Å². The SMILES string of the molecule is Cc1cccn(CC(=O)NCCC#N)c1=O. The van der Waals surface area contributed by atoms with E-state index in [1.807, 2.05) is 6.07 Å². The number of aromatic nitrogens is 1. The van der Waals surface area contributed by atoms with Crippen molar-refractivity contribution in [3.05, 3.63) is 34.2 Å². The normalized spacial score (nSPS) is 9.50. The van der Waals surface area contributed by atoms with Gasteiger partial charge in [-0.3, -0.25) is 9.59 Å². The topological polar surface area (TPSA) is 74.9 Å². The van der Waals surface area contributed by atoms with Gasteiger partial charge in [0.1, 0.15) is 6.54 Å². The molecule has 0 saturated carbocycles. The molecule has 0 radical (unpaired) electrons. The highest BCUT2D eigenvalue weighted by Crippen LogP contribution is 1.89. The highest BCUT2D eigenvalue weighted by Gasteiger charge is 2.04. The molecule has 1 N–H and O–H groups in total. The first-order valence-corrected chi connectivity index (χ1v) is 4.95. The molecule has 1 heterocycles. The van der Waals surface area contributed by atoms with Crippen LogP contribution in [0.2, 0.25) is 0 Å². The zero-order valence-electron chi connectivity index (χ0n) is 9.06. The monoisotopic (exact) mass is 219 g/mol. The minimum atomic E-state index is -0.261. The van der Waals surface area contributed by atoms with E-state index in [4.69, 9.17) is 5.26 Å². The van der Waals surface area contributed by atoms with Gasteiger partial charge in [-0.05, 0) is 13.0 Å². The summed E-state index contributed by atoms with van der Waals surface area (Å²) < 4.78 is 1.34. The Labute approximate surface area is 93.3 Å². The Hall–Kier alpha value is -2.09. The molecule has 0 aromatic carbocycles. The van der Waals surface area contributed by atoms with E-state index in [1.165, 1.54) is 4.57 Å². The minimum Gasteiger partial charge on any atom is -0.354 e. The van der Waals surface area contributed by atoms with Crippen molar-refractivity contribution in [2.45, 2.75) is 19.9 Å². The van der Waals surface area contributed by atoms with Gasteiger partial charge >= 0.3 is 0 Å². The lowest BCUT2D eigenvalue weighted by atomic mass is 10.3. The minimum absolute atomic E-state index is 0.00799. The Morgan fingerprint density at radius 3 is 3.06 bits per heavy atom. The summed E-state index contributed by atoms with van der Waals surface area (Å²) in [5.41, 5.74) is 0.435. The molecule has 1 amide bonds. The van der Waals surface area contributed by atoms with E-state index in [-0.39, 0.29) is 24.4 Å². The zero-order valence-corrected chi connectivity index (χ0v) is 9.06. The molecule has 84 valence electrons. The number of carbonyl (C=O) groups excluding carboxylic acids is 1. The quantitative estimate of drug-likeness (QED) is 0.734. The number of nitriles is 1. The van der Waals surface area contributed by atoms with E-state index in [1.54, 1.807) is 25.3 Å². The number of nitrogens with one attached hydrogen (secondary N) is 1. The average Bonchev–Trinajstić information content (AvgIpc) is 2.25. The third-order valence-electron chi connectivity index (χ3n) is 2.08. The highest BCUT2D eigenvalue weighted by molar-refractivity contribution is 5.75. The second-order valence-electron chi connectivity index (χ2n) is 3.38. The number of hydrogen-bond donors (Lipinski definition) is 1. The average molecular weight is 219 g/mol. The zero-order chi connectivity index (χ0) is 12.0. The number of hydrogen-bond acceptors (Lipinski definition) is 3. The van der Waals surface area contributed by atoms with Crippen LogP contribution < -0.4 is 10.9 Å². The van der Waals surface area contributed by atoms with Crippen molar-refractivity contribution in [3.63, 3.8) is 0 Å². The number of carbonyl (C=O) groups is 1. The van der Waals surface area contributed by atoms with Crippen molar-refractivity contribution in [2.75, 3.05) is 6.54 Å². The second kappa shape index (κ2) is 5.71. The summed E-state index contributed by atoms with van der Waals surface area (Å²) in [6.07, 6.45) is 1.84. The predicted octanol–water partition coefficient (Wildman–Crippen LogP) is 0.187. The van der Waals surface area contributed by atoms with Crippen molar-refractivity contribution >= 4 is 5.91 Å². The van der Waals surface area contributed by atoms with E-state index in [2.05, 4.69) is 5.32 Å². The van der Waals surface area contributed by atoms with Crippen LogP contribution in [0.5, 0.6) is 0 Å². The van der Waals surface area contributed by atoms with E-state index in [0.29, 0.717) is 12.1 Å². The van der Waals surface area contributed by atoms with Crippen LogP contribution in [0.25, 0.3) is 0 Å². The maximum Gasteiger partial charge on any atom is 0.253 e. The Bertz CT molecular complexity index is 471. The van der Waals surface area contributed by atoms with Crippen LogP contribution >= 0.6 is 0 Å². The lowest BCUT2D eigenvalue weighted by molar-refractivity contribution is -0.121. The maximum absolute atomic E-state index is 11.6. The fraction of sp³-hybridized carbons (Fsp3) is 0.364. The molecule has 0 spiro atoms. The van der Waals surface area contributed by atoms with Crippen LogP contribution in [-0.4, -0.2) is 17.0 Å². The Morgan fingerprint density at radius 2 is 2.38 bits per heavy atom. The summed E-state index contributed by atoms with van der Waals surface area (Å²) in [7, 11) is 0. The first kappa shape index (κ1) is 12.0. The Kier molecular flexibility index (Phi) is 4.28. The van der Waals surface area contributed by atoms with Crippen LogP contribution in [-0.2, 0) is 11.3 Å². The van der Waals surface area contributed by atoms with Crippen molar-refractivity contribution in [2.24, 2.45) is 0 Å². The van der Waals surface area contributed by atoms with Crippen LogP contribution in [0.1, 0.15) is 12.0 Å². The van der Waals surface area contributed by atoms with Gasteiger partial charge in [-0.15, -0.1) is 0 Å². The van der Waals surface area contributed by atoms with Gasteiger partial charge in [-0.2, -0.15) is 5.26 Å². The summed E-state index contributed by atoms with van der Waals surface area (Å²) in [5.74, 6) is -0.261. The molecule has 16 heavy (non-hydrogen) atoms. The first-order chi connectivity index (χ1) is 7.65. The molecule has 1 rings (SSSR count). The van der Waals surface area contributed by atoms with Gasteiger partial charge in [0.2, 0.25) is 5.91 Å². The van der Waals surface area contributed by atoms with E-state index in [9.17, 15) is 9.59 Å². The molecule has 1 aromatic heterocycles. The van der Waals surface area contributed by atoms with E-state index >= 15 is 0 Å². The standard InChI is InChI=1S/C11H13N3O2/c1-9-4-2-7-14(11(9)16)8-10(15)13-6-3-5-12/h2,4,7H,3,6,8H2,1H3,(H,13,15). The Morgan fingerprint density at radius 1 is 1.62 bits per heavy atom. The molecule has 5 nitrogen and oxygen atoms in total. The smallest absolute Gasteiger partial charge is 0.253 e. The lowest BCUT2D eigenvalue weighted by Crippen LogP contribution is -2.33. The van der Waals surface area contributed by atoms with Crippen LogP contribution in [0.4, 0.5) is 0 Å². The summed E-state index contributed by atoms with van der Waals surface area (Å²) in [4.78, 5) is 22.9. The van der Waals surface area contributed by atoms with Gasteiger partial charge in [0.05, 0.1) is 12.5 Å². The summed E-state index contributed by atoms with van der Waals surface area (Å²) in [6, 6.07) is 5.35. The molecule has 0 atom stereocenters. The number of rotatable bonds is 4. The molecule has 0 saturated heterocycles. The van der Waals surface area contributed by atoms with Crippen LogP contribution in [0, 0.1) is 18.3 Å². The molecule has 0 bridgehead atoms. The molecule has 5 heteroatoms. The second-order valence-corrected chi connectivity index (χ2v) is 3.38. The Balaban J connectivity index is 2.61. The summed E-state index contributed by atoms with van der Waals surface area (Å²) in [6.45, 7) is 2.01. The van der Waals surface area contributed by atoms with Crippen molar-refractivity contribution in [1.29, 1.82) is 5.26 Å². The molecule has 0 fully saturated rings. The third kappa shape index (κ3) is 3.24. The van der Waals surface area contributed by atoms with Gasteiger partial charge in [0.25, 0.3) is 5.56 Å². The molecule has 0 aliphatic heterocycles. The van der Waals surface area contributed by atoms with Crippen molar-refractivity contribution < 1.29 is 4.79 Å². The molecule has 0 unspecified atom stereocenters. The van der Waals surface area contributed by atoms with Gasteiger partial charge in [-0.25, -0.2) is 0 Å².